The summed E-state index contributed by atoms with van der Waals surface area (Å²) < 4.78 is 1.12. The molecule has 2 rings (SSSR count). The van der Waals surface area contributed by atoms with E-state index >= 15 is 0 Å². The molecule has 0 atom stereocenters. The highest BCUT2D eigenvalue weighted by Crippen LogP contribution is 2.21. The van der Waals surface area contributed by atoms with Crippen molar-refractivity contribution in [2.75, 3.05) is 11.9 Å². The standard InChI is InChI=1S/C16H17Br2N/c1-12-9-16(8-5-14(12)10-17)19(2)11-13-3-6-15(18)7-4-13/h3-9H,10-11H2,1-2H3. The average molecular weight is 383 g/mol. The lowest BCUT2D eigenvalue weighted by Gasteiger charge is -2.20. The fourth-order valence-corrected chi connectivity index (χ4v) is 2.92. The van der Waals surface area contributed by atoms with Crippen LogP contribution in [-0.4, -0.2) is 7.05 Å². The van der Waals surface area contributed by atoms with Crippen LogP contribution in [0.5, 0.6) is 0 Å². The van der Waals surface area contributed by atoms with E-state index < -0.39 is 0 Å². The van der Waals surface area contributed by atoms with Gasteiger partial charge in [0.1, 0.15) is 0 Å². The van der Waals surface area contributed by atoms with Crippen LogP contribution in [0.3, 0.4) is 0 Å². The topological polar surface area (TPSA) is 3.24 Å². The van der Waals surface area contributed by atoms with Gasteiger partial charge < -0.3 is 4.90 Å². The summed E-state index contributed by atoms with van der Waals surface area (Å²) in [6, 6.07) is 15.1. The quantitative estimate of drug-likeness (QED) is 0.649. The number of hydrogen-bond donors (Lipinski definition) is 0. The van der Waals surface area contributed by atoms with Crippen LogP contribution in [0.2, 0.25) is 0 Å². The molecule has 0 aliphatic heterocycles. The van der Waals surface area contributed by atoms with E-state index in [9.17, 15) is 0 Å². The summed E-state index contributed by atoms with van der Waals surface area (Å²) in [5.41, 5.74) is 5.25. The third-order valence-corrected chi connectivity index (χ3v) is 4.38. The van der Waals surface area contributed by atoms with E-state index in [4.69, 9.17) is 0 Å². The summed E-state index contributed by atoms with van der Waals surface area (Å²) in [6.45, 7) is 3.08. The molecule has 0 bridgehead atoms. The van der Waals surface area contributed by atoms with E-state index in [0.717, 1.165) is 16.3 Å². The molecule has 0 heterocycles. The molecule has 0 unspecified atom stereocenters. The Bertz CT molecular complexity index is 549. The molecule has 3 heteroatoms. The maximum Gasteiger partial charge on any atom is 0.0426 e. The highest BCUT2D eigenvalue weighted by Gasteiger charge is 2.04. The van der Waals surface area contributed by atoms with Crippen molar-refractivity contribution < 1.29 is 0 Å². The van der Waals surface area contributed by atoms with Gasteiger partial charge in [-0.2, -0.15) is 0 Å². The molecule has 0 N–H and O–H groups in total. The Kier molecular flexibility index (Phi) is 5.06. The Hall–Kier alpha value is -0.800. The van der Waals surface area contributed by atoms with Gasteiger partial charge in [0.25, 0.3) is 0 Å². The van der Waals surface area contributed by atoms with Gasteiger partial charge in [0.05, 0.1) is 0 Å². The van der Waals surface area contributed by atoms with E-state index in [1.165, 1.54) is 22.4 Å². The van der Waals surface area contributed by atoms with Crippen LogP contribution >= 0.6 is 31.9 Å². The summed E-state index contributed by atoms with van der Waals surface area (Å²) in [4.78, 5) is 2.27. The Morgan fingerprint density at radius 3 is 2.32 bits per heavy atom. The predicted molar refractivity (Wildman–Crippen MR) is 90.1 cm³/mol. The minimum atomic E-state index is 0.912. The summed E-state index contributed by atoms with van der Waals surface area (Å²) in [5.74, 6) is 0. The SMILES string of the molecule is Cc1cc(N(C)Cc2ccc(Br)cc2)ccc1CBr. The third-order valence-electron chi connectivity index (χ3n) is 3.24. The maximum absolute atomic E-state index is 3.51. The predicted octanol–water partition coefficient (Wildman–Crippen LogP) is 5.29. The lowest BCUT2D eigenvalue weighted by molar-refractivity contribution is 0.921. The van der Waals surface area contributed by atoms with Gasteiger partial charge in [-0.05, 0) is 47.9 Å². The highest BCUT2D eigenvalue weighted by molar-refractivity contribution is 9.10. The molecule has 0 fully saturated rings. The van der Waals surface area contributed by atoms with E-state index in [0.29, 0.717) is 0 Å². The first-order valence-corrected chi connectivity index (χ1v) is 8.12. The Morgan fingerprint density at radius 1 is 1.05 bits per heavy atom. The molecule has 0 spiro atoms. The fraction of sp³-hybridized carbons (Fsp3) is 0.250. The zero-order chi connectivity index (χ0) is 13.8. The van der Waals surface area contributed by atoms with Crippen LogP contribution in [0.25, 0.3) is 0 Å². The molecule has 0 radical (unpaired) electrons. The average Bonchev–Trinajstić information content (AvgIpc) is 2.41. The normalized spacial score (nSPS) is 10.5. The molecule has 100 valence electrons. The van der Waals surface area contributed by atoms with Gasteiger partial charge in [0.15, 0.2) is 0 Å². The van der Waals surface area contributed by atoms with Gasteiger partial charge in [0.2, 0.25) is 0 Å². The minimum absolute atomic E-state index is 0.912. The van der Waals surface area contributed by atoms with Crippen molar-refractivity contribution in [2.24, 2.45) is 0 Å². The van der Waals surface area contributed by atoms with E-state index in [1.807, 2.05) is 0 Å². The number of halogens is 2. The number of nitrogens with zero attached hydrogens (tertiary/aromatic N) is 1. The second kappa shape index (κ2) is 6.58. The first-order valence-electron chi connectivity index (χ1n) is 6.21. The van der Waals surface area contributed by atoms with Gasteiger partial charge >= 0.3 is 0 Å². The highest BCUT2D eigenvalue weighted by atomic mass is 79.9. The molecule has 0 saturated heterocycles. The molecule has 0 aromatic heterocycles. The maximum atomic E-state index is 3.51. The molecule has 19 heavy (non-hydrogen) atoms. The van der Waals surface area contributed by atoms with Gasteiger partial charge in [-0.1, -0.05) is 50.1 Å². The zero-order valence-corrected chi connectivity index (χ0v) is 14.3. The number of benzene rings is 2. The van der Waals surface area contributed by atoms with E-state index in [1.54, 1.807) is 0 Å². The van der Waals surface area contributed by atoms with Crippen molar-refractivity contribution in [3.05, 3.63) is 63.6 Å². The number of rotatable bonds is 4. The van der Waals surface area contributed by atoms with E-state index in [-0.39, 0.29) is 0 Å². The van der Waals surface area contributed by atoms with Crippen LogP contribution in [0.15, 0.2) is 46.9 Å². The van der Waals surface area contributed by atoms with Crippen molar-refractivity contribution in [1.29, 1.82) is 0 Å². The van der Waals surface area contributed by atoms with Crippen molar-refractivity contribution in [3.8, 4) is 0 Å². The van der Waals surface area contributed by atoms with E-state index in [2.05, 4.69) is 93.2 Å². The lowest BCUT2D eigenvalue weighted by atomic mass is 10.1. The van der Waals surface area contributed by atoms with Crippen molar-refractivity contribution >= 4 is 37.5 Å². The summed E-state index contributed by atoms with van der Waals surface area (Å²) in [7, 11) is 2.13. The second-order valence-corrected chi connectivity index (χ2v) is 6.20. The molecule has 0 amide bonds. The van der Waals surface area contributed by atoms with Gasteiger partial charge in [-0.25, -0.2) is 0 Å². The van der Waals surface area contributed by atoms with Crippen molar-refractivity contribution in [1.82, 2.24) is 0 Å². The smallest absolute Gasteiger partial charge is 0.0426 e. The number of hydrogen-bond acceptors (Lipinski definition) is 1. The number of anilines is 1. The molecule has 1 nitrogen and oxygen atoms in total. The Morgan fingerprint density at radius 2 is 1.74 bits per heavy atom. The molecule has 2 aromatic carbocycles. The van der Waals surface area contributed by atoms with Crippen LogP contribution in [0.4, 0.5) is 5.69 Å². The van der Waals surface area contributed by atoms with Crippen LogP contribution in [0, 0.1) is 6.92 Å². The van der Waals surface area contributed by atoms with Crippen molar-refractivity contribution in [3.63, 3.8) is 0 Å². The van der Waals surface area contributed by atoms with Gasteiger partial charge in [0, 0.05) is 29.1 Å². The number of aryl methyl sites for hydroxylation is 1. The third kappa shape index (κ3) is 3.83. The fourth-order valence-electron chi connectivity index (χ4n) is 2.02. The monoisotopic (exact) mass is 381 g/mol. The Balaban J connectivity index is 2.13. The van der Waals surface area contributed by atoms with Gasteiger partial charge in [-0.15, -0.1) is 0 Å². The van der Waals surface area contributed by atoms with Crippen LogP contribution in [-0.2, 0) is 11.9 Å². The van der Waals surface area contributed by atoms with Crippen LogP contribution < -0.4 is 4.90 Å². The molecular formula is C16H17Br2N. The first-order chi connectivity index (χ1) is 9.10. The Labute approximate surface area is 131 Å². The first kappa shape index (κ1) is 14.6. The summed E-state index contributed by atoms with van der Waals surface area (Å²) >= 11 is 6.98. The molecule has 2 aromatic rings. The minimum Gasteiger partial charge on any atom is -0.370 e. The molecule has 0 aliphatic rings. The number of alkyl halides is 1. The van der Waals surface area contributed by atoms with Gasteiger partial charge in [-0.3, -0.25) is 0 Å². The second-order valence-electron chi connectivity index (χ2n) is 4.73. The molecule has 0 aliphatic carbocycles. The largest absolute Gasteiger partial charge is 0.370 e. The summed E-state index contributed by atoms with van der Waals surface area (Å²) in [6.07, 6.45) is 0. The lowest BCUT2D eigenvalue weighted by Crippen LogP contribution is -2.16. The van der Waals surface area contributed by atoms with Crippen LogP contribution in [0.1, 0.15) is 16.7 Å². The summed E-state index contributed by atoms with van der Waals surface area (Å²) in [5, 5.41) is 0.912. The molecule has 0 saturated carbocycles. The molecular weight excluding hydrogens is 366 g/mol. The zero-order valence-electron chi connectivity index (χ0n) is 11.2. The van der Waals surface area contributed by atoms with Crippen molar-refractivity contribution in [2.45, 2.75) is 18.8 Å².